The lowest BCUT2D eigenvalue weighted by Crippen LogP contribution is -2.48. The van der Waals surface area contributed by atoms with Gasteiger partial charge in [-0.05, 0) is 39.7 Å². The molecule has 1 aliphatic heterocycles. The van der Waals surface area contributed by atoms with Gasteiger partial charge in [0.05, 0.1) is 0 Å². The third-order valence-corrected chi connectivity index (χ3v) is 5.45. The highest BCUT2D eigenvalue weighted by Crippen LogP contribution is 2.15. The second-order valence-corrected chi connectivity index (χ2v) is 7.69. The molecule has 1 amide bonds. The van der Waals surface area contributed by atoms with Gasteiger partial charge in [0.15, 0.2) is 9.84 Å². The minimum atomic E-state index is -3.38. The summed E-state index contributed by atoms with van der Waals surface area (Å²) < 4.78 is 21.5. The van der Waals surface area contributed by atoms with Crippen LogP contribution in [-0.2, 0) is 14.6 Å². The first-order chi connectivity index (χ1) is 7.75. The van der Waals surface area contributed by atoms with Crippen molar-refractivity contribution in [3.8, 4) is 0 Å². The zero-order valence-corrected chi connectivity index (χ0v) is 11.6. The molecular formula is C11H22N2O3S. The molecule has 0 aromatic heterocycles. The summed E-state index contributed by atoms with van der Waals surface area (Å²) in [4.78, 5) is 11.8. The van der Waals surface area contributed by atoms with Gasteiger partial charge < -0.3 is 10.6 Å². The first kappa shape index (κ1) is 14.4. The quantitative estimate of drug-likeness (QED) is 0.735. The highest BCUT2D eigenvalue weighted by atomic mass is 32.2. The Balaban J connectivity index is 2.39. The Morgan fingerprint density at radius 3 is 2.59 bits per heavy atom. The highest BCUT2D eigenvalue weighted by molar-refractivity contribution is 7.92. The van der Waals surface area contributed by atoms with E-state index in [1.54, 1.807) is 0 Å². The standard InChI is InChI=1S/C11H22N2O3S/c1-11(2,17(3,15)16)10(14)13-8-6-9-5-4-7-12-9/h9,12H,4-8H2,1-3H3,(H,13,14)/t9-/m1/s1. The predicted molar refractivity (Wildman–Crippen MR) is 67.6 cm³/mol. The van der Waals surface area contributed by atoms with E-state index in [1.165, 1.54) is 20.3 Å². The second kappa shape index (κ2) is 5.35. The maximum atomic E-state index is 11.8. The van der Waals surface area contributed by atoms with Crippen LogP contribution in [0.3, 0.4) is 0 Å². The molecule has 0 radical (unpaired) electrons. The lowest BCUT2D eigenvalue weighted by Gasteiger charge is -2.22. The second-order valence-electron chi connectivity index (χ2n) is 5.12. The van der Waals surface area contributed by atoms with E-state index in [0.717, 1.165) is 25.6 Å². The lowest BCUT2D eigenvalue weighted by atomic mass is 10.1. The molecule has 6 heteroatoms. The maximum Gasteiger partial charge on any atom is 0.240 e. The van der Waals surface area contributed by atoms with E-state index in [-0.39, 0.29) is 0 Å². The normalized spacial score (nSPS) is 21.5. The van der Waals surface area contributed by atoms with Crippen LogP contribution in [0.2, 0.25) is 0 Å². The smallest absolute Gasteiger partial charge is 0.240 e. The van der Waals surface area contributed by atoms with Gasteiger partial charge in [0.25, 0.3) is 0 Å². The van der Waals surface area contributed by atoms with Crippen LogP contribution in [0.4, 0.5) is 0 Å². The van der Waals surface area contributed by atoms with Crippen molar-refractivity contribution in [2.24, 2.45) is 0 Å². The van der Waals surface area contributed by atoms with Crippen LogP contribution in [0.1, 0.15) is 33.1 Å². The van der Waals surface area contributed by atoms with Crippen LogP contribution in [0, 0.1) is 0 Å². The summed E-state index contributed by atoms with van der Waals surface area (Å²) in [5.74, 6) is -0.419. The third kappa shape index (κ3) is 3.67. The SMILES string of the molecule is CC(C)(C(=O)NCC[C@H]1CCCN1)S(C)(=O)=O. The number of nitrogens with one attached hydrogen (secondary N) is 2. The summed E-state index contributed by atoms with van der Waals surface area (Å²) in [6, 6.07) is 0.455. The summed E-state index contributed by atoms with van der Waals surface area (Å²) in [5.41, 5.74) is 0. The number of carbonyl (C=O) groups excluding carboxylic acids is 1. The van der Waals surface area contributed by atoms with Crippen molar-refractivity contribution in [3.05, 3.63) is 0 Å². The van der Waals surface area contributed by atoms with Gasteiger partial charge in [0.2, 0.25) is 5.91 Å². The fraction of sp³-hybridized carbons (Fsp3) is 0.909. The lowest BCUT2D eigenvalue weighted by molar-refractivity contribution is -0.122. The van der Waals surface area contributed by atoms with Gasteiger partial charge >= 0.3 is 0 Å². The van der Waals surface area contributed by atoms with E-state index < -0.39 is 20.5 Å². The molecule has 100 valence electrons. The Labute approximate surface area is 103 Å². The summed E-state index contributed by atoms with van der Waals surface area (Å²) in [6.07, 6.45) is 4.25. The van der Waals surface area contributed by atoms with Gasteiger partial charge in [0, 0.05) is 18.8 Å². The molecule has 0 spiro atoms. The van der Waals surface area contributed by atoms with Crippen LogP contribution in [0.25, 0.3) is 0 Å². The van der Waals surface area contributed by atoms with E-state index in [1.807, 2.05) is 0 Å². The van der Waals surface area contributed by atoms with E-state index in [9.17, 15) is 13.2 Å². The van der Waals surface area contributed by atoms with Crippen molar-refractivity contribution in [2.45, 2.75) is 43.9 Å². The zero-order chi connectivity index (χ0) is 13.1. The molecule has 0 bridgehead atoms. The molecule has 1 saturated heterocycles. The van der Waals surface area contributed by atoms with Gasteiger partial charge in [-0.25, -0.2) is 8.42 Å². The summed E-state index contributed by atoms with van der Waals surface area (Å²) in [6.45, 7) is 4.43. The topological polar surface area (TPSA) is 75.3 Å². The van der Waals surface area contributed by atoms with Crippen LogP contribution in [0.15, 0.2) is 0 Å². The number of rotatable bonds is 5. The van der Waals surface area contributed by atoms with Crippen molar-refractivity contribution < 1.29 is 13.2 Å². The van der Waals surface area contributed by atoms with Crippen LogP contribution < -0.4 is 10.6 Å². The van der Waals surface area contributed by atoms with Crippen LogP contribution >= 0.6 is 0 Å². The molecule has 2 N–H and O–H groups in total. The third-order valence-electron chi connectivity index (χ3n) is 3.41. The predicted octanol–water partition coefficient (Wildman–Crippen LogP) is 0.0679. The largest absolute Gasteiger partial charge is 0.355 e. The Bertz CT molecular complexity index is 370. The molecule has 0 unspecified atom stereocenters. The minimum absolute atomic E-state index is 0.419. The molecule has 1 rings (SSSR count). The summed E-state index contributed by atoms with van der Waals surface area (Å²) in [7, 11) is -3.38. The van der Waals surface area contributed by atoms with Crippen molar-refractivity contribution in [2.75, 3.05) is 19.3 Å². The van der Waals surface area contributed by atoms with Crippen molar-refractivity contribution in [1.29, 1.82) is 0 Å². The van der Waals surface area contributed by atoms with E-state index >= 15 is 0 Å². The van der Waals surface area contributed by atoms with Crippen LogP contribution in [-0.4, -0.2) is 44.5 Å². The molecule has 0 aliphatic carbocycles. The number of amides is 1. The fourth-order valence-electron chi connectivity index (χ4n) is 1.74. The van der Waals surface area contributed by atoms with Gasteiger partial charge in [0.1, 0.15) is 4.75 Å². The molecular weight excluding hydrogens is 240 g/mol. The maximum absolute atomic E-state index is 11.8. The van der Waals surface area contributed by atoms with Crippen molar-refractivity contribution in [3.63, 3.8) is 0 Å². The average Bonchev–Trinajstić information content (AvgIpc) is 2.68. The Morgan fingerprint density at radius 2 is 2.12 bits per heavy atom. The van der Waals surface area contributed by atoms with Gasteiger partial charge in [-0.3, -0.25) is 4.79 Å². The van der Waals surface area contributed by atoms with E-state index in [4.69, 9.17) is 0 Å². The molecule has 0 saturated carbocycles. The first-order valence-corrected chi connectivity index (χ1v) is 7.85. The molecule has 17 heavy (non-hydrogen) atoms. The fourth-order valence-corrected chi connectivity index (χ4v) is 2.15. The molecule has 1 aliphatic rings. The molecule has 1 atom stereocenters. The molecule has 1 fully saturated rings. The summed E-state index contributed by atoms with van der Waals surface area (Å²) >= 11 is 0. The van der Waals surface area contributed by atoms with E-state index in [0.29, 0.717) is 12.6 Å². The highest BCUT2D eigenvalue weighted by Gasteiger charge is 2.38. The monoisotopic (exact) mass is 262 g/mol. The Morgan fingerprint density at radius 1 is 1.47 bits per heavy atom. The van der Waals surface area contributed by atoms with Crippen molar-refractivity contribution >= 4 is 15.7 Å². The van der Waals surface area contributed by atoms with E-state index in [2.05, 4.69) is 10.6 Å². The van der Waals surface area contributed by atoms with Gasteiger partial charge in [-0.2, -0.15) is 0 Å². The molecule has 1 heterocycles. The van der Waals surface area contributed by atoms with Gasteiger partial charge in [-0.1, -0.05) is 0 Å². The minimum Gasteiger partial charge on any atom is -0.355 e. The number of carbonyl (C=O) groups is 1. The molecule has 0 aromatic carbocycles. The van der Waals surface area contributed by atoms with Crippen LogP contribution in [0.5, 0.6) is 0 Å². The molecule has 5 nitrogen and oxygen atoms in total. The zero-order valence-electron chi connectivity index (χ0n) is 10.7. The Kier molecular flexibility index (Phi) is 4.55. The first-order valence-electron chi connectivity index (χ1n) is 5.96. The number of hydrogen-bond donors (Lipinski definition) is 2. The number of hydrogen-bond acceptors (Lipinski definition) is 4. The van der Waals surface area contributed by atoms with Gasteiger partial charge in [-0.15, -0.1) is 0 Å². The number of sulfone groups is 1. The van der Waals surface area contributed by atoms with Crippen molar-refractivity contribution in [1.82, 2.24) is 10.6 Å². The average molecular weight is 262 g/mol. The summed E-state index contributed by atoms with van der Waals surface area (Å²) in [5, 5.41) is 6.03. The molecule has 0 aromatic rings. The Hall–Kier alpha value is -0.620.